The summed E-state index contributed by atoms with van der Waals surface area (Å²) in [5.41, 5.74) is 0.516. The smallest absolute Gasteiger partial charge is 0.274 e. The quantitative estimate of drug-likeness (QED) is 0.730. The predicted octanol–water partition coefficient (Wildman–Crippen LogP) is 3.88. The summed E-state index contributed by atoms with van der Waals surface area (Å²) < 4.78 is 27.4. The number of pyridine rings is 1. The van der Waals surface area contributed by atoms with E-state index in [2.05, 4.69) is 10.3 Å². The van der Waals surface area contributed by atoms with Gasteiger partial charge in [0.1, 0.15) is 23.0 Å². The van der Waals surface area contributed by atoms with Crippen molar-refractivity contribution < 1.29 is 18.4 Å². The fourth-order valence-electron chi connectivity index (χ4n) is 2.63. The van der Waals surface area contributed by atoms with Gasteiger partial charge in [-0.3, -0.25) is 14.6 Å². The molecule has 0 fully saturated rings. The third kappa shape index (κ3) is 4.37. The zero-order chi connectivity index (χ0) is 20.1. The van der Waals surface area contributed by atoms with Crippen LogP contribution in [0.25, 0.3) is 0 Å². The normalized spacial score (nSPS) is 10.4. The van der Waals surface area contributed by atoms with Crippen molar-refractivity contribution in [3.8, 4) is 0 Å². The molecule has 0 radical (unpaired) electrons. The second-order valence-electron chi connectivity index (χ2n) is 6.13. The van der Waals surface area contributed by atoms with Crippen molar-refractivity contribution in [1.29, 1.82) is 0 Å². The van der Waals surface area contributed by atoms with Crippen LogP contribution in [0.1, 0.15) is 26.4 Å². The second-order valence-corrected chi connectivity index (χ2v) is 6.13. The van der Waals surface area contributed by atoms with Gasteiger partial charge < -0.3 is 10.2 Å². The molecular formula is C21H17F2N3O2. The van der Waals surface area contributed by atoms with Crippen LogP contribution < -0.4 is 5.32 Å². The minimum atomic E-state index is -0.900. The number of aromatic nitrogens is 1. The van der Waals surface area contributed by atoms with E-state index in [1.54, 1.807) is 7.05 Å². The Morgan fingerprint density at radius 3 is 2.36 bits per heavy atom. The Hall–Kier alpha value is -3.61. The standard InChI is InChI=1S/C21H17F2N3O2/c1-26(13-14-6-3-2-4-7-14)21(28)15-10-11-24-18(12-15)20(27)25-19-16(22)8-5-9-17(19)23/h2-12H,13H2,1H3,(H,25,27). The summed E-state index contributed by atoms with van der Waals surface area (Å²) in [6.45, 7) is 0.393. The Kier molecular flexibility index (Phi) is 5.74. The molecular weight excluding hydrogens is 364 g/mol. The minimum Gasteiger partial charge on any atom is -0.337 e. The Morgan fingerprint density at radius 2 is 1.68 bits per heavy atom. The fourth-order valence-corrected chi connectivity index (χ4v) is 2.63. The number of amides is 2. The number of hydrogen-bond acceptors (Lipinski definition) is 3. The van der Waals surface area contributed by atoms with Gasteiger partial charge in [-0.15, -0.1) is 0 Å². The molecule has 0 unspecified atom stereocenters. The number of para-hydroxylation sites is 1. The van der Waals surface area contributed by atoms with Crippen molar-refractivity contribution in [2.75, 3.05) is 12.4 Å². The number of rotatable bonds is 5. The number of carbonyl (C=O) groups excluding carboxylic acids is 2. The first-order valence-electron chi connectivity index (χ1n) is 8.46. The van der Waals surface area contributed by atoms with E-state index in [0.717, 1.165) is 17.7 Å². The molecule has 0 aliphatic rings. The van der Waals surface area contributed by atoms with Crippen LogP contribution in [0.5, 0.6) is 0 Å². The van der Waals surface area contributed by atoms with Crippen LogP contribution in [-0.2, 0) is 6.54 Å². The van der Waals surface area contributed by atoms with Gasteiger partial charge in [0.2, 0.25) is 0 Å². The molecule has 142 valence electrons. The van der Waals surface area contributed by atoms with Gasteiger partial charge in [0, 0.05) is 25.4 Å². The summed E-state index contributed by atoms with van der Waals surface area (Å²) in [6.07, 6.45) is 1.30. The highest BCUT2D eigenvalue weighted by atomic mass is 19.1. The molecule has 5 nitrogen and oxygen atoms in total. The van der Waals surface area contributed by atoms with Crippen LogP contribution in [0.4, 0.5) is 14.5 Å². The first-order chi connectivity index (χ1) is 13.5. The Bertz CT molecular complexity index is 989. The first kappa shape index (κ1) is 19.2. The second kappa shape index (κ2) is 8.39. The summed E-state index contributed by atoms with van der Waals surface area (Å²) in [7, 11) is 1.64. The van der Waals surface area contributed by atoms with Gasteiger partial charge in [0.25, 0.3) is 11.8 Å². The fraction of sp³-hybridized carbons (Fsp3) is 0.0952. The molecule has 0 bridgehead atoms. The average molecular weight is 381 g/mol. The maximum absolute atomic E-state index is 13.7. The Labute approximate surface area is 160 Å². The van der Waals surface area contributed by atoms with E-state index >= 15 is 0 Å². The van der Waals surface area contributed by atoms with Crippen molar-refractivity contribution in [3.05, 3.63) is 95.3 Å². The lowest BCUT2D eigenvalue weighted by atomic mass is 10.1. The monoisotopic (exact) mass is 381 g/mol. The summed E-state index contributed by atoms with van der Waals surface area (Å²) in [4.78, 5) is 30.4. The van der Waals surface area contributed by atoms with E-state index in [0.29, 0.717) is 6.54 Å². The SMILES string of the molecule is CN(Cc1ccccc1)C(=O)c1ccnc(C(=O)Nc2c(F)cccc2F)c1. The van der Waals surface area contributed by atoms with E-state index in [1.165, 1.54) is 29.3 Å². The topological polar surface area (TPSA) is 62.3 Å². The molecule has 0 atom stereocenters. The molecule has 7 heteroatoms. The van der Waals surface area contributed by atoms with Gasteiger partial charge in [0.05, 0.1) is 0 Å². The van der Waals surface area contributed by atoms with E-state index in [9.17, 15) is 18.4 Å². The Balaban J connectivity index is 1.76. The van der Waals surface area contributed by atoms with Crippen molar-refractivity contribution in [2.24, 2.45) is 0 Å². The molecule has 28 heavy (non-hydrogen) atoms. The molecule has 1 heterocycles. The number of anilines is 1. The number of nitrogens with one attached hydrogen (secondary N) is 1. The lowest BCUT2D eigenvalue weighted by Crippen LogP contribution is -2.26. The number of hydrogen-bond donors (Lipinski definition) is 1. The van der Waals surface area contributed by atoms with Gasteiger partial charge in [0.15, 0.2) is 0 Å². The van der Waals surface area contributed by atoms with Crippen LogP contribution in [0, 0.1) is 11.6 Å². The van der Waals surface area contributed by atoms with Crippen LogP contribution in [0.3, 0.4) is 0 Å². The van der Waals surface area contributed by atoms with E-state index in [-0.39, 0.29) is 17.2 Å². The van der Waals surface area contributed by atoms with Gasteiger partial charge in [-0.1, -0.05) is 36.4 Å². The molecule has 3 aromatic rings. The minimum absolute atomic E-state index is 0.124. The molecule has 0 spiro atoms. The third-order valence-electron chi connectivity index (χ3n) is 4.05. The summed E-state index contributed by atoms with van der Waals surface area (Å²) in [5, 5.41) is 2.15. The summed E-state index contributed by atoms with van der Waals surface area (Å²) in [5.74, 6) is -2.92. The van der Waals surface area contributed by atoms with Gasteiger partial charge in [-0.2, -0.15) is 0 Å². The zero-order valence-electron chi connectivity index (χ0n) is 15.0. The highest BCUT2D eigenvalue weighted by Crippen LogP contribution is 2.19. The summed E-state index contributed by atoms with van der Waals surface area (Å²) in [6, 6.07) is 15.5. The third-order valence-corrected chi connectivity index (χ3v) is 4.05. The van der Waals surface area contributed by atoms with Crippen LogP contribution in [0.15, 0.2) is 66.9 Å². The highest BCUT2D eigenvalue weighted by Gasteiger charge is 2.18. The van der Waals surface area contributed by atoms with Crippen molar-refractivity contribution in [2.45, 2.75) is 6.54 Å². The molecule has 2 aromatic carbocycles. The highest BCUT2D eigenvalue weighted by molar-refractivity contribution is 6.04. The largest absolute Gasteiger partial charge is 0.337 e. The Morgan fingerprint density at radius 1 is 1.00 bits per heavy atom. The van der Waals surface area contributed by atoms with Crippen LogP contribution in [-0.4, -0.2) is 28.7 Å². The van der Waals surface area contributed by atoms with E-state index in [4.69, 9.17) is 0 Å². The van der Waals surface area contributed by atoms with Crippen LogP contribution >= 0.6 is 0 Å². The predicted molar refractivity (Wildman–Crippen MR) is 101 cm³/mol. The average Bonchev–Trinajstić information content (AvgIpc) is 2.71. The molecule has 0 aliphatic heterocycles. The molecule has 1 N–H and O–H groups in total. The maximum atomic E-state index is 13.7. The van der Waals surface area contributed by atoms with Crippen molar-refractivity contribution in [3.63, 3.8) is 0 Å². The molecule has 0 aliphatic carbocycles. The van der Waals surface area contributed by atoms with Crippen molar-refractivity contribution in [1.82, 2.24) is 9.88 Å². The molecule has 2 amide bonds. The van der Waals surface area contributed by atoms with E-state index in [1.807, 2.05) is 30.3 Å². The van der Waals surface area contributed by atoms with Gasteiger partial charge >= 0.3 is 0 Å². The molecule has 0 saturated heterocycles. The maximum Gasteiger partial charge on any atom is 0.274 e. The molecule has 0 saturated carbocycles. The van der Waals surface area contributed by atoms with Gasteiger partial charge in [-0.25, -0.2) is 8.78 Å². The first-order valence-corrected chi connectivity index (χ1v) is 8.46. The number of halogens is 2. The number of nitrogens with zero attached hydrogens (tertiary/aromatic N) is 2. The van der Waals surface area contributed by atoms with Gasteiger partial charge in [-0.05, 0) is 29.8 Å². The number of benzene rings is 2. The molecule has 3 rings (SSSR count). The van der Waals surface area contributed by atoms with Crippen molar-refractivity contribution >= 4 is 17.5 Å². The number of carbonyl (C=O) groups is 2. The van der Waals surface area contributed by atoms with E-state index < -0.39 is 23.2 Å². The summed E-state index contributed by atoms with van der Waals surface area (Å²) >= 11 is 0. The molecule has 1 aromatic heterocycles. The lowest BCUT2D eigenvalue weighted by Gasteiger charge is -2.17. The zero-order valence-corrected chi connectivity index (χ0v) is 15.0. The van der Waals surface area contributed by atoms with Crippen LogP contribution in [0.2, 0.25) is 0 Å². The lowest BCUT2D eigenvalue weighted by molar-refractivity contribution is 0.0785.